The Bertz CT molecular complexity index is 605. The molecule has 0 unspecified atom stereocenters. The van der Waals surface area contributed by atoms with Gasteiger partial charge in [-0.1, -0.05) is 12.8 Å². The Balaban J connectivity index is 1.23. The van der Waals surface area contributed by atoms with Crippen LogP contribution in [0.25, 0.3) is 0 Å². The number of cyclic esters (lactones) is 1. The van der Waals surface area contributed by atoms with Gasteiger partial charge in [-0.15, -0.1) is 0 Å². The normalized spacial score (nSPS) is 26.3. The first-order valence-corrected chi connectivity index (χ1v) is 9.48. The molecule has 2 saturated heterocycles. The largest absolute Gasteiger partial charge is 0.506 e. The summed E-state index contributed by atoms with van der Waals surface area (Å²) < 4.78 is 5.68. The zero-order chi connectivity index (χ0) is 17.3. The SMILES string of the molecule is O=C1O[C@H](CCN2CCN(c3ccc(O)cn3)CC2)CC12CCCC2. The first-order chi connectivity index (χ1) is 12.1. The van der Waals surface area contributed by atoms with Crippen LogP contribution in [0.4, 0.5) is 5.82 Å². The minimum Gasteiger partial charge on any atom is -0.506 e. The Morgan fingerprint density at radius 2 is 1.96 bits per heavy atom. The summed E-state index contributed by atoms with van der Waals surface area (Å²) in [7, 11) is 0. The minimum atomic E-state index is -0.131. The van der Waals surface area contributed by atoms with Gasteiger partial charge in [-0.3, -0.25) is 9.69 Å². The average Bonchev–Trinajstić information content (AvgIpc) is 3.22. The number of ether oxygens (including phenoxy) is 1. The molecule has 136 valence electrons. The number of hydrogen-bond donors (Lipinski definition) is 1. The smallest absolute Gasteiger partial charge is 0.312 e. The molecular weight excluding hydrogens is 318 g/mol. The second-order valence-electron chi connectivity index (χ2n) is 7.71. The van der Waals surface area contributed by atoms with Gasteiger partial charge in [-0.05, 0) is 31.4 Å². The third-order valence-corrected chi connectivity index (χ3v) is 6.08. The molecule has 1 aromatic rings. The van der Waals surface area contributed by atoms with Gasteiger partial charge in [0.2, 0.25) is 0 Å². The van der Waals surface area contributed by atoms with Crippen molar-refractivity contribution in [3.05, 3.63) is 18.3 Å². The van der Waals surface area contributed by atoms with Crippen LogP contribution in [0.5, 0.6) is 5.75 Å². The van der Waals surface area contributed by atoms with Crippen molar-refractivity contribution in [2.75, 3.05) is 37.6 Å². The maximum absolute atomic E-state index is 12.2. The van der Waals surface area contributed by atoms with Crippen molar-refractivity contribution >= 4 is 11.8 Å². The number of carbonyl (C=O) groups excluding carboxylic acids is 1. The van der Waals surface area contributed by atoms with Crippen molar-refractivity contribution in [1.82, 2.24) is 9.88 Å². The van der Waals surface area contributed by atoms with Gasteiger partial charge in [0, 0.05) is 39.1 Å². The van der Waals surface area contributed by atoms with Crippen LogP contribution in [0.3, 0.4) is 0 Å². The highest BCUT2D eigenvalue weighted by Gasteiger charge is 2.50. The number of piperazine rings is 1. The number of anilines is 1. The van der Waals surface area contributed by atoms with E-state index in [9.17, 15) is 9.90 Å². The molecule has 0 bridgehead atoms. The van der Waals surface area contributed by atoms with E-state index in [1.165, 1.54) is 19.0 Å². The number of esters is 1. The summed E-state index contributed by atoms with van der Waals surface area (Å²) in [5.74, 6) is 1.19. The number of nitrogens with zero attached hydrogens (tertiary/aromatic N) is 3. The number of rotatable bonds is 4. The molecule has 6 heteroatoms. The van der Waals surface area contributed by atoms with E-state index in [0.29, 0.717) is 0 Å². The van der Waals surface area contributed by atoms with Gasteiger partial charge in [-0.25, -0.2) is 4.98 Å². The van der Waals surface area contributed by atoms with E-state index >= 15 is 0 Å². The standard InChI is InChI=1S/C19H27N3O3/c23-15-3-4-17(20-14-15)22-11-9-21(10-12-22)8-5-16-13-19(18(24)25-16)6-1-2-7-19/h3-4,14,16,23H,1-2,5-13H2/t16-/m1/s1. The van der Waals surface area contributed by atoms with Gasteiger partial charge in [0.25, 0.3) is 0 Å². The molecule has 2 aliphatic heterocycles. The molecule has 1 aromatic heterocycles. The average molecular weight is 345 g/mol. The fourth-order valence-corrected chi connectivity index (χ4v) is 4.55. The topological polar surface area (TPSA) is 65.9 Å². The number of aromatic hydroxyl groups is 1. The molecule has 1 spiro atoms. The van der Waals surface area contributed by atoms with Gasteiger partial charge in [-0.2, -0.15) is 0 Å². The number of aromatic nitrogens is 1. The quantitative estimate of drug-likeness (QED) is 0.844. The first-order valence-electron chi connectivity index (χ1n) is 9.48. The van der Waals surface area contributed by atoms with Crippen LogP contribution in [0, 0.1) is 5.41 Å². The minimum absolute atomic E-state index is 0.0678. The maximum Gasteiger partial charge on any atom is 0.312 e. The molecule has 0 aromatic carbocycles. The van der Waals surface area contributed by atoms with E-state index in [-0.39, 0.29) is 23.2 Å². The number of hydrogen-bond acceptors (Lipinski definition) is 6. The Morgan fingerprint density at radius 3 is 2.64 bits per heavy atom. The summed E-state index contributed by atoms with van der Waals surface area (Å²) in [5.41, 5.74) is -0.131. The van der Waals surface area contributed by atoms with Crippen LogP contribution in [-0.4, -0.2) is 59.8 Å². The lowest BCUT2D eigenvalue weighted by Crippen LogP contribution is -2.47. The van der Waals surface area contributed by atoms with Crippen molar-refractivity contribution in [3.8, 4) is 5.75 Å². The van der Waals surface area contributed by atoms with Gasteiger partial charge >= 0.3 is 5.97 Å². The first kappa shape index (κ1) is 16.6. The van der Waals surface area contributed by atoms with Gasteiger partial charge in [0.1, 0.15) is 17.7 Å². The second kappa shape index (κ2) is 6.83. The van der Waals surface area contributed by atoms with Gasteiger partial charge < -0.3 is 14.7 Å². The third-order valence-electron chi connectivity index (χ3n) is 6.08. The van der Waals surface area contributed by atoms with Crippen LogP contribution in [0.2, 0.25) is 0 Å². The summed E-state index contributed by atoms with van der Waals surface area (Å²) in [6.07, 6.45) is 7.90. The van der Waals surface area contributed by atoms with Crippen LogP contribution < -0.4 is 4.90 Å². The van der Waals surface area contributed by atoms with Crippen molar-refractivity contribution in [2.24, 2.45) is 5.41 Å². The molecular formula is C19H27N3O3. The van der Waals surface area contributed by atoms with E-state index in [0.717, 1.165) is 64.2 Å². The number of carbonyl (C=O) groups is 1. The molecule has 3 heterocycles. The molecule has 0 amide bonds. The van der Waals surface area contributed by atoms with Gasteiger partial charge in [0.05, 0.1) is 11.6 Å². The summed E-state index contributed by atoms with van der Waals surface area (Å²) >= 11 is 0. The molecule has 1 atom stereocenters. The van der Waals surface area contributed by atoms with Crippen molar-refractivity contribution < 1.29 is 14.6 Å². The van der Waals surface area contributed by atoms with Gasteiger partial charge in [0.15, 0.2) is 0 Å². The highest BCUT2D eigenvalue weighted by molar-refractivity contribution is 5.79. The molecule has 1 N–H and O–H groups in total. The predicted molar refractivity (Wildman–Crippen MR) is 94.6 cm³/mol. The zero-order valence-electron chi connectivity index (χ0n) is 14.7. The number of pyridine rings is 1. The Hall–Kier alpha value is -1.82. The monoisotopic (exact) mass is 345 g/mol. The summed E-state index contributed by atoms with van der Waals surface area (Å²) in [6.45, 7) is 4.85. The van der Waals surface area contributed by atoms with Crippen molar-refractivity contribution in [1.29, 1.82) is 0 Å². The zero-order valence-corrected chi connectivity index (χ0v) is 14.7. The Morgan fingerprint density at radius 1 is 1.20 bits per heavy atom. The van der Waals surface area contributed by atoms with Crippen LogP contribution in [-0.2, 0) is 9.53 Å². The van der Waals surface area contributed by atoms with Crippen molar-refractivity contribution in [2.45, 2.75) is 44.6 Å². The molecule has 3 fully saturated rings. The highest BCUT2D eigenvalue weighted by Crippen LogP contribution is 2.48. The summed E-state index contributed by atoms with van der Waals surface area (Å²) in [6, 6.07) is 3.55. The molecule has 0 radical (unpaired) electrons. The molecule has 4 rings (SSSR count). The fraction of sp³-hybridized carbons (Fsp3) is 0.684. The van der Waals surface area contributed by atoms with E-state index in [1.807, 2.05) is 6.07 Å². The Kier molecular flexibility index (Phi) is 4.54. The molecule has 3 aliphatic rings. The summed E-state index contributed by atoms with van der Waals surface area (Å²) in [4.78, 5) is 21.2. The van der Waals surface area contributed by atoms with Crippen LogP contribution >= 0.6 is 0 Å². The molecule has 6 nitrogen and oxygen atoms in total. The summed E-state index contributed by atoms with van der Waals surface area (Å²) in [5, 5.41) is 9.34. The maximum atomic E-state index is 12.2. The fourth-order valence-electron chi connectivity index (χ4n) is 4.55. The Labute approximate surface area is 148 Å². The molecule has 1 saturated carbocycles. The van der Waals surface area contributed by atoms with E-state index in [1.54, 1.807) is 6.07 Å². The lowest BCUT2D eigenvalue weighted by Gasteiger charge is -2.35. The lowest BCUT2D eigenvalue weighted by molar-refractivity contribution is -0.148. The van der Waals surface area contributed by atoms with E-state index < -0.39 is 0 Å². The van der Waals surface area contributed by atoms with E-state index in [4.69, 9.17) is 4.74 Å². The molecule has 1 aliphatic carbocycles. The second-order valence-corrected chi connectivity index (χ2v) is 7.71. The van der Waals surface area contributed by atoms with E-state index in [2.05, 4.69) is 14.8 Å². The van der Waals surface area contributed by atoms with Crippen LogP contribution in [0.15, 0.2) is 18.3 Å². The van der Waals surface area contributed by atoms with Crippen LogP contribution in [0.1, 0.15) is 38.5 Å². The molecule has 25 heavy (non-hydrogen) atoms. The lowest BCUT2D eigenvalue weighted by atomic mass is 9.83. The van der Waals surface area contributed by atoms with Crippen molar-refractivity contribution in [3.63, 3.8) is 0 Å². The highest BCUT2D eigenvalue weighted by atomic mass is 16.6. The third kappa shape index (κ3) is 3.45. The predicted octanol–water partition coefficient (Wildman–Crippen LogP) is 2.18.